The van der Waals surface area contributed by atoms with E-state index in [-0.39, 0.29) is 25.2 Å². The molecule has 0 aliphatic carbocycles. The first-order valence-corrected chi connectivity index (χ1v) is 7.11. The number of hydrogen-bond donors (Lipinski definition) is 2. The van der Waals surface area contributed by atoms with Crippen LogP contribution in [0.4, 0.5) is 4.79 Å². The summed E-state index contributed by atoms with van der Waals surface area (Å²) in [5.74, 6) is -0.463. The molecule has 1 aliphatic heterocycles. The molecule has 0 bridgehead atoms. The van der Waals surface area contributed by atoms with Gasteiger partial charge >= 0.3 is 12.0 Å². The van der Waals surface area contributed by atoms with E-state index in [9.17, 15) is 9.59 Å². The lowest BCUT2D eigenvalue weighted by Gasteiger charge is -2.36. The zero-order valence-electron chi connectivity index (χ0n) is 12.3. The van der Waals surface area contributed by atoms with Gasteiger partial charge in [-0.05, 0) is 25.7 Å². The maximum absolute atomic E-state index is 12.2. The summed E-state index contributed by atoms with van der Waals surface area (Å²) >= 11 is 0. The summed E-state index contributed by atoms with van der Waals surface area (Å²) in [6, 6.07) is 0.130. The molecule has 1 saturated heterocycles. The van der Waals surface area contributed by atoms with Gasteiger partial charge in [0.05, 0.1) is 12.7 Å². The lowest BCUT2D eigenvalue weighted by Crippen LogP contribution is -2.49. The van der Waals surface area contributed by atoms with Crippen LogP contribution < -0.4 is 5.32 Å². The van der Waals surface area contributed by atoms with E-state index in [0.717, 1.165) is 19.4 Å². The number of likely N-dealkylation sites (tertiary alicyclic amines) is 1. The molecule has 8 heteroatoms. The van der Waals surface area contributed by atoms with E-state index in [2.05, 4.69) is 29.5 Å². The number of nitrogens with one attached hydrogen (secondary N) is 1. The van der Waals surface area contributed by atoms with Crippen LogP contribution in [0.3, 0.4) is 0 Å². The van der Waals surface area contributed by atoms with Crippen LogP contribution in [0.2, 0.25) is 0 Å². The van der Waals surface area contributed by atoms with Gasteiger partial charge in [-0.2, -0.15) is 0 Å². The largest absolute Gasteiger partial charge is 0.480 e. The molecule has 2 unspecified atom stereocenters. The molecule has 1 aliphatic rings. The molecule has 1 fully saturated rings. The molecule has 1 aromatic rings. The van der Waals surface area contributed by atoms with Gasteiger partial charge in [0.1, 0.15) is 12.2 Å². The molecule has 2 heterocycles. The second-order valence-electron chi connectivity index (χ2n) is 5.64. The van der Waals surface area contributed by atoms with Crippen LogP contribution in [0, 0.1) is 5.92 Å². The Hall–Kier alpha value is -2.12. The van der Waals surface area contributed by atoms with Gasteiger partial charge in [-0.15, -0.1) is 5.10 Å². The minimum Gasteiger partial charge on any atom is -0.480 e. The lowest BCUT2D eigenvalue weighted by atomic mass is 9.95. The van der Waals surface area contributed by atoms with Gasteiger partial charge in [0.15, 0.2) is 0 Å². The maximum Gasteiger partial charge on any atom is 0.325 e. The van der Waals surface area contributed by atoms with Crippen LogP contribution in [0.1, 0.15) is 32.4 Å². The highest BCUT2D eigenvalue weighted by Gasteiger charge is 2.26. The molecular formula is C13H21N5O3. The standard InChI is InChI=1S/C13H21N5O3/c1-9-3-4-10(2)18(6-9)13(21)14-5-11-7-17(16-15-11)8-12(19)20/h7,9-10H,3-6,8H2,1-2H3,(H,14,21)(H,19,20). The Balaban J connectivity index is 1.85. The fourth-order valence-electron chi connectivity index (χ4n) is 2.47. The summed E-state index contributed by atoms with van der Waals surface area (Å²) in [5.41, 5.74) is 0.544. The third kappa shape index (κ3) is 4.17. The summed E-state index contributed by atoms with van der Waals surface area (Å²) in [6.45, 7) is 4.97. The molecule has 2 N–H and O–H groups in total. The van der Waals surface area contributed by atoms with E-state index in [4.69, 9.17) is 5.11 Å². The third-order valence-electron chi connectivity index (χ3n) is 3.68. The molecular weight excluding hydrogens is 274 g/mol. The van der Waals surface area contributed by atoms with Gasteiger partial charge < -0.3 is 15.3 Å². The van der Waals surface area contributed by atoms with Crippen molar-refractivity contribution in [3.63, 3.8) is 0 Å². The van der Waals surface area contributed by atoms with Gasteiger partial charge in [-0.25, -0.2) is 9.48 Å². The maximum atomic E-state index is 12.2. The van der Waals surface area contributed by atoms with E-state index >= 15 is 0 Å². The number of aromatic nitrogens is 3. The average molecular weight is 295 g/mol. The highest BCUT2D eigenvalue weighted by molar-refractivity contribution is 5.74. The van der Waals surface area contributed by atoms with Crippen LogP contribution in [-0.4, -0.2) is 49.6 Å². The number of rotatable bonds is 4. The Morgan fingerprint density at radius 3 is 2.90 bits per heavy atom. The number of carboxylic acid groups (broad SMARTS) is 1. The fraction of sp³-hybridized carbons (Fsp3) is 0.692. The molecule has 8 nitrogen and oxygen atoms in total. The zero-order chi connectivity index (χ0) is 15.4. The summed E-state index contributed by atoms with van der Waals surface area (Å²) < 4.78 is 1.23. The minimum absolute atomic E-state index is 0.109. The summed E-state index contributed by atoms with van der Waals surface area (Å²) in [5, 5.41) is 19.0. The van der Waals surface area contributed by atoms with Gasteiger partial charge in [0.2, 0.25) is 0 Å². The zero-order valence-corrected chi connectivity index (χ0v) is 12.3. The number of carbonyl (C=O) groups excluding carboxylic acids is 1. The smallest absolute Gasteiger partial charge is 0.325 e. The number of piperidine rings is 1. The van der Waals surface area contributed by atoms with Crippen LogP contribution in [-0.2, 0) is 17.9 Å². The predicted octanol–water partition coefficient (Wildman–Crippen LogP) is 0.693. The number of amides is 2. The quantitative estimate of drug-likeness (QED) is 0.851. The van der Waals surface area contributed by atoms with Gasteiger partial charge in [-0.1, -0.05) is 12.1 Å². The van der Waals surface area contributed by atoms with E-state index in [1.807, 2.05) is 4.90 Å². The molecule has 0 aromatic carbocycles. The van der Waals surface area contributed by atoms with Gasteiger partial charge in [0, 0.05) is 12.6 Å². The Kier molecular flexibility index (Phi) is 4.77. The van der Waals surface area contributed by atoms with Crippen molar-refractivity contribution < 1.29 is 14.7 Å². The van der Waals surface area contributed by atoms with Crippen molar-refractivity contribution >= 4 is 12.0 Å². The summed E-state index contributed by atoms with van der Waals surface area (Å²) in [6.07, 6.45) is 3.69. The molecule has 0 radical (unpaired) electrons. The van der Waals surface area contributed by atoms with Gasteiger partial charge in [-0.3, -0.25) is 4.79 Å². The average Bonchev–Trinajstić information content (AvgIpc) is 2.85. The Morgan fingerprint density at radius 2 is 2.19 bits per heavy atom. The Bertz CT molecular complexity index is 516. The second kappa shape index (κ2) is 6.55. The normalized spacial score (nSPS) is 22.1. The molecule has 0 spiro atoms. The molecule has 0 saturated carbocycles. The first-order valence-electron chi connectivity index (χ1n) is 7.11. The monoisotopic (exact) mass is 295 g/mol. The van der Waals surface area contributed by atoms with Crippen LogP contribution in [0.25, 0.3) is 0 Å². The molecule has 1 aromatic heterocycles. The first kappa shape index (κ1) is 15.3. The second-order valence-corrected chi connectivity index (χ2v) is 5.64. The van der Waals surface area contributed by atoms with Crippen molar-refractivity contribution in [2.75, 3.05) is 6.54 Å². The molecule has 2 amide bonds. The number of nitrogens with zero attached hydrogens (tertiary/aromatic N) is 4. The molecule has 116 valence electrons. The molecule has 2 atom stereocenters. The van der Waals surface area contributed by atoms with Crippen molar-refractivity contribution in [3.05, 3.63) is 11.9 Å². The highest BCUT2D eigenvalue weighted by Crippen LogP contribution is 2.21. The van der Waals surface area contributed by atoms with Crippen molar-refractivity contribution in [1.29, 1.82) is 0 Å². The highest BCUT2D eigenvalue weighted by atomic mass is 16.4. The molecule has 21 heavy (non-hydrogen) atoms. The van der Waals surface area contributed by atoms with Crippen LogP contribution >= 0.6 is 0 Å². The van der Waals surface area contributed by atoms with E-state index in [1.54, 1.807) is 0 Å². The van der Waals surface area contributed by atoms with Crippen molar-refractivity contribution in [2.24, 2.45) is 5.92 Å². The lowest BCUT2D eigenvalue weighted by molar-refractivity contribution is -0.137. The predicted molar refractivity (Wildman–Crippen MR) is 74.5 cm³/mol. The van der Waals surface area contributed by atoms with Crippen molar-refractivity contribution in [1.82, 2.24) is 25.2 Å². The first-order chi connectivity index (χ1) is 9.95. The number of aliphatic carboxylic acids is 1. The van der Waals surface area contributed by atoms with E-state index in [0.29, 0.717) is 11.6 Å². The van der Waals surface area contributed by atoms with E-state index in [1.165, 1.54) is 10.9 Å². The van der Waals surface area contributed by atoms with Crippen LogP contribution in [0.15, 0.2) is 6.20 Å². The summed E-state index contributed by atoms with van der Waals surface area (Å²) in [4.78, 5) is 24.6. The van der Waals surface area contributed by atoms with E-state index < -0.39 is 5.97 Å². The van der Waals surface area contributed by atoms with Gasteiger partial charge in [0.25, 0.3) is 0 Å². The third-order valence-corrected chi connectivity index (χ3v) is 3.68. The number of carboxylic acids is 1. The molecule has 2 rings (SSSR count). The topological polar surface area (TPSA) is 100 Å². The summed E-state index contributed by atoms with van der Waals surface area (Å²) in [7, 11) is 0. The fourth-order valence-corrected chi connectivity index (χ4v) is 2.47. The van der Waals surface area contributed by atoms with Crippen molar-refractivity contribution in [2.45, 2.75) is 45.8 Å². The Labute approximate surface area is 123 Å². The number of urea groups is 1. The number of hydrogen-bond acceptors (Lipinski definition) is 4. The Morgan fingerprint density at radius 1 is 1.43 bits per heavy atom. The SMILES string of the molecule is CC1CCC(C)N(C(=O)NCc2cn(CC(=O)O)nn2)C1. The van der Waals surface area contributed by atoms with Crippen molar-refractivity contribution in [3.8, 4) is 0 Å². The number of carbonyl (C=O) groups is 2. The minimum atomic E-state index is -0.980. The van der Waals surface area contributed by atoms with Crippen LogP contribution in [0.5, 0.6) is 0 Å².